The lowest BCUT2D eigenvalue weighted by molar-refractivity contribution is 0.115. The van der Waals surface area contributed by atoms with Crippen molar-refractivity contribution >= 4 is 11.6 Å². The van der Waals surface area contributed by atoms with E-state index in [4.69, 9.17) is 5.73 Å². The first-order valence-electron chi connectivity index (χ1n) is 7.32. The molecule has 1 fully saturated rings. The first-order valence-corrected chi connectivity index (χ1v) is 7.32. The van der Waals surface area contributed by atoms with E-state index in [9.17, 15) is 4.39 Å². The summed E-state index contributed by atoms with van der Waals surface area (Å²) in [5.74, 6) is 0.340. The van der Waals surface area contributed by atoms with Crippen molar-refractivity contribution in [3.05, 3.63) is 30.1 Å². The maximum absolute atomic E-state index is 13.2. The van der Waals surface area contributed by atoms with E-state index in [1.54, 1.807) is 12.1 Å². The fourth-order valence-electron chi connectivity index (χ4n) is 3.81. The molecule has 1 saturated carbocycles. The highest BCUT2D eigenvalue weighted by Gasteiger charge is 2.54. The summed E-state index contributed by atoms with van der Waals surface area (Å²) in [5, 5.41) is 0. The average Bonchev–Trinajstić information content (AvgIpc) is 2.74. The Morgan fingerprint density at radius 1 is 1.15 bits per heavy atom. The Balaban J connectivity index is 2.05. The van der Waals surface area contributed by atoms with Crippen molar-refractivity contribution in [2.45, 2.75) is 45.1 Å². The lowest BCUT2D eigenvalue weighted by atomic mass is 9.62. The van der Waals surface area contributed by atoms with Crippen LogP contribution in [0.4, 0.5) is 10.1 Å². The van der Waals surface area contributed by atoms with Crippen molar-refractivity contribution in [2.24, 2.45) is 16.1 Å². The molecule has 2 aliphatic rings. The van der Waals surface area contributed by atoms with Gasteiger partial charge < -0.3 is 10.6 Å². The van der Waals surface area contributed by atoms with Crippen LogP contribution in [0.3, 0.4) is 0 Å². The summed E-state index contributed by atoms with van der Waals surface area (Å²) < 4.78 is 13.2. The van der Waals surface area contributed by atoms with E-state index in [0.29, 0.717) is 5.96 Å². The summed E-state index contributed by atoms with van der Waals surface area (Å²) >= 11 is 0. The summed E-state index contributed by atoms with van der Waals surface area (Å²) in [4.78, 5) is 6.66. The van der Waals surface area contributed by atoms with E-state index in [1.165, 1.54) is 31.4 Å². The molecule has 0 saturated heterocycles. The van der Waals surface area contributed by atoms with E-state index in [0.717, 1.165) is 18.7 Å². The smallest absolute Gasteiger partial charge is 0.196 e. The predicted molar refractivity (Wildman–Crippen MR) is 80.3 cm³/mol. The normalized spacial score (nSPS) is 28.8. The van der Waals surface area contributed by atoms with Gasteiger partial charge in [0.2, 0.25) is 0 Å². The molecule has 1 spiro atoms. The first kappa shape index (κ1) is 13.4. The Hall–Kier alpha value is -1.58. The Morgan fingerprint density at radius 3 is 2.45 bits per heavy atom. The second-order valence-corrected chi connectivity index (χ2v) is 6.61. The van der Waals surface area contributed by atoms with Crippen LogP contribution in [-0.4, -0.2) is 18.0 Å². The molecule has 3 nitrogen and oxygen atoms in total. The Kier molecular flexibility index (Phi) is 3.00. The number of anilines is 1. The molecule has 4 heteroatoms. The average molecular weight is 275 g/mol. The predicted octanol–water partition coefficient (Wildman–Crippen LogP) is 3.30. The third-order valence-corrected chi connectivity index (χ3v) is 5.15. The van der Waals surface area contributed by atoms with Gasteiger partial charge in [-0.05, 0) is 42.5 Å². The van der Waals surface area contributed by atoms with E-state index < -0.39 is 0 Å². The number of hydrogen-bond donors (Lipinski definition) is 1. The molecular weight excluding hydrogens is 253 g/mol. The molecule has 0 bridgehead atoms. The molecule has 1 heterocycles. The number of guanidine groups is 1. The van der Waals surface area contributed by atoms with Crippen molar-refractivity contribution in [1.29, 1.82) is 0 Å². The highest BCUT2D eigenvalue weighted by Crippen LogP contribution is 2.50. The van der Waals surface area contributed by atoms with Gasteiger partial charge in [-0.1, -0.05) is 26.7 Å². The third-order valence-electron chi connectivity index (χ3n) is 5.15. The van der Waals surface area contributed by atoms with Gasteiger partial charge in [-0.25, -0.2) is 4.39 Å². The van der Waals surface area contributed by atoms with Gasteiger partial charge in [0, 0.05) is 5.69 Å². The van der Waals surface area contributed by atoms with E-state index in [-0.39, 0.29) is 16.8 Å². The highest BCUT2D eigenvalue weighted by molar-refractivity contribution is 5.98. The fraction of sp³-hybridized carbons (Fsp3) is 0.562. The first-order chi connectivity index (χ1) is 9.46. The van der Waals surface area contributed by atoms with Crippen molar-refractivity contribution in [2.75, 3.05) is 11.4 Å². The van der Waals surface area contributed by atoms with Crippen LogP contribution < -0.4 is 10.6 Å². The lowest BCUT2D eigenvalue weighted by Gasteiger charge is -2.53. The minimum atomic E-state index is -0.222. The monoisotopic (exact) mass is 275 g/mol. The van der Waals surface area contributed by atoms with Crippen LogP contribution in [0.25, 0.3) is 0 Å². The molecule has 0 radical (unpaired) electrons. The molecule has 1 aromatic rings. The van der Waals surface area contributed by atoms with Crippen LogP contribution in [0.1, 0.15) is 39.5 Å². The molecular formula is C16H22FN3. The minimum absolute atomic E-state index is 0.0623. The molecule has 0 aromatic heterocycles. The van der Waals surface area contributed by atoms with E-state index >= 15 is 0 Å². The van der Waals surface area contributed by atoms with Gasteiger partial charge >= 0.3 is 0 Å². The molecule has 2 N–H and O–H groups in total. The number of nitrogens with zero attached hydrogens (tertiary/aromatic N) is 2. The van der Waals surface area contributed by atoms with Crippen LogP contribution in [0.5, 0.6) is 0 Å². The van der Waals surface area contributed by atoms with Crippen LogP contribution in [0.2, 0.25) is 0 Å². The molecule has 1 aliphatic carbocycles. The fourth-order valence-corrected chi connectivity index (χ4v) is 3.81. The van der Waals surface area contributed by atoms with Gasteiger partial charge in [-0.15, -0.1) is 0 Å². The summed E-state index contributed by atoms with van der Waals surface area (Å²) in [7, 11) is 0. The van der Waals surface area contributed by atoms with Crippen LogP contribution in [0, 0.1) is 11.2 Å². The zero-order chi connectivity index (χ0) is 14.4. The van der Waals surface area contributed by atoms with E-state index in [1.807, 2.05) is 0 Å². The molecule has 3 rings (SSSR count). The zero-order valence-electron chi connectivity index (χ0n) is 12.2. The van der Waals surface area contributed by atoms with Gasteiger partial charge in [-0.3, -0.25) is 4.99 Å². The molecule has 108 valence electrons. The third kappa shape index (κ3) is 1.81. The number of rotatable bonds is 1. The molecule has 1 unspecified atom stereocenters. The number of halogens is 1. The number of nitrogens with two attached hydrogens (primary N) is 1. The quantitative estimate of drug-likeness (QED) is 0.854. The van der Waals surface area contributed by atoms with Crippen molar-refractivity contribution in [1.82, 2.24) is 0 Å². The van der Waals surface area contributed by atoms with Crippen molar-refractivity contribution < 1.29 is 4.39 Å². The number of benzene rings is 1. The molecule has 1 atom stereocenters. The standard InChI is InChI=1S/C16H22FN3/c1-15(2)9-3-4-10-16(15)11-19-14(18)20(16)13-7-5-12(17)6-8-13/h5-8H,3-4,9-11H2,1-2H3,(H2,18,19). The lowest BCUT2D eigenvalue weighted by Crippen LogP contribution is -2.61. The van der Waals surface area contributed by atoms with Crippen LogP contribution >= 0.6 is 0 Å². The van der Waals surface area contributed by atoms with Gasteiger partial charge in [0.25, 0.3) is 0 Å². The van der Waals surface area contributed by atoms with Crippen molar-refractivity contribution in [3.63, 3.8) is 0 Å². The second kappa shape index (κ2) is 4.47. The summed E-state index contributed by atoms with van der Waals surface area (Å²) in [6, 6.07) is 6.58. The van der Waals surface area contributed by atoms with Gasteiger partial charge in [-0.2, -0.15) is 0 Å². The topological polar surface area (TPSA) is 41.6 Å². The Bertz CT molecular complexity index is 535. The summed E-state index contributed by atoms with van der Waals surface area (Å²) in [5.41, 5.74) is 7.18. The Labute approximate surface area is 119 Å². The zero-order valence-corrected chi connectivity index (χ0v) is 12.2. The molecule has 1 aliphatic heterocycles. The molecule has 1 aromatic carbocycles. The summed E-state index contributed by atoms with van der Waals surface area (Å²) in [6.07, 6.45) is 4.71. The number of aliphatic imine (C=N–C) groups is 1. The SMILES string of the molecule is CC1(C)CCCCC12CN=C(N)N2c1ccc(F)cc1. The maximum atomic E-state index is 13.2. The second-order valence-electron chi connectivity index (χ2n) is 6.61. The molecule has 20 heavy (non-hydrogen) atoms. The largest absolute Gasteiger partial charge is 0.369 e. The van der Waals surface area contributed by atoms with Crippen LogP contribution in [-0.2, 0) is 0 Å². The van der Waals surface area contributed by atoms with E-state index in [2.05, 4.69) is 23.7 Å². The summed E-state index contributed by atoms with van der Waals surface area (Å²) in [6.45, 7) is 5.34. The number of hydrogen-bond acceptors (Lipinski definition) is 3. The van der Waals surface area contributed by atoms with Gasteiger partial charge in [0.05, 0.1) is 12.1 Å². The molecule has 0 amide bonds. The van der Waals surface area contributed by atoms with Gasteiger partial charge in [0.1, 0.15) is 5.82 Å². The van der Waals surface area contributed by atoms with Gasteiger partial charge in [0.15, 0.2) is 5.96 Å². The van der Waals surface area contributed by atoms with Crippen molar-refractivity contribution in [3.8, 4) is 0 Å². The highest BCUT2D eigenvalue weighted by atomic mass is 19.1. The Morgan fingerprint density at radius 2 is 1.80 bits per heavy atom. The maximum Gasteiger partial charge on any atom is 0.196 e. The van der Waals surface area contributed by atoms with Crippen LogP contribution in [0.15, 0.2) is 29.3 Å². The minimum Gasteiger partial charge on any atom is -0.369 e.